The molecule has 0 aliphatic carbocycles. The summed E-state index contributed by atoms with van der Waals surface area (Å²) in [5.74, 6) is 0. The van der Waals surface area contributed by atoms with Crippen LogP contribution in [0.5, 0.6) is 0 Å². The summed E-state index contributed by atoms with van der Waals surface area (Å²) in [5.41, 5.74) is 0. The topological polar surface area (TPSA) is 23.8 Å². The molecule has 0 atom stereocenters. The zero-order chi connectivity index (χ0) is 15.5. The molecule has 0 N–H and O–H groups in total. The first kappa shape index (κ1) is 26.6. The van der Waals surface area contributed by atoms with Crippen molar-refractivity contribution in [3.63, 3.8) is 0 Å². The van der Waals surface area contributed by atoms with Crippen molar-refractivity contribution >= 4 is 15.6 Å². The largest absolute Gasteiger partial charge is 2.00 e. The van der Waals surface area contributed by atoms with E-state index in [1.807, 2.05) is 0 Å². The molecule has 1 nitrogen and oxygen atoms in total. The second-order valence-corrected chi connectivity index (χ2v) is 5.97. The first-order chi connectivity index (χ1) is 6.31. The molecule has 0 saturated carbocycles. The summed E-state index contributed by atoms with van der Waals surface area (Å²) < 4.78 is 118. The molecule has 0 aromatic heterocycles. The molecule has 118 valence electrons. The summed E-state index contributed by atoms with van der Waals surface area (Å²) in [7, 11) is -21.3. The van der Waals surface area contributed by atoms with Gasteiger partial charge in [0.15, 0.2) is 0 Å². The van der Waals surface area contributed by atoms with Gasteiger partial charge in [0, 0.05) is 6.92 Å². The third kappa shape index (κ3) is 208000. The van der Waals surface area contributed by atoms with Crippen molar-refractivity contribution in [2.45, 2.75) is 6.92 Å². The fourth-order valence-corrected chi connectivity index (χ4v) is 0. The molecule has 0 bridgehead atoms. The van der Waals surface area contributed by atoms with E-state index < -0.39 is 15.6 Å². The Morgan fingerprint density at radius 1 is 0.611 bits per heavy atom. The molecular weight excluding hydrogens is 429 g/mol. The quantitative estimate of drug-likeness (QED) is 0.224. The summed E-state index contributed by atoms with van der Waals surface area (Å²) in [6.07, 6.45) is 0. The molecule has 18 heavy (non-hydrogen) atoms. The summed E-state index contributed by atoms with van der Waals surface area (Å²) in [6, 6.07) is 1.75. The van der Waals surface area contributed by atoms with Crippen molar-refractivity contribution in [3.05, 3.63) is 0 Å². The van der Waals surface area contributed by atoms with Gasteiger partial charge in [0.1, 0.15) is 0 Å². The third-order valence-corrected chi connectivity index (χ3v) is 0. The van der Waals surface area contributed by atoms with E-state index in [1.54, 1.807) is 6.07 Å². The Hall–Kier alpha value is 0.133. The second-order valence-electron chi connectivity index (χ2n) is 2.14. The Morgan fingerprint density at radius 3 is 0.611 bits per heavy atom. The predicted octanol–water partition coefficient (Wildman–Crippen LogP) is 7.29. The van der Waals surface area contributed by atoms with E-state index in [0.29, 0.717) is 0 Å². The van der Waals surface area contributed by atoms with Crippen LogP contribution in [-0.2, 0) is 19.5 Å². The van der Waals surface area contributed by atoms with Crippen molar-refractivity contribution in [1.82, 2.24) is 0 Å². The van der Waals surface area contributed by atoms with E-state index in [1.165, 1.54) is 6.92 Å². The number of nitriles is 1. The maximum absolute atomic E-state index is 10.7. The van der Waals surface area contributed by atoms with E-state index in [9.17, 15) is 50.4 Å². The van der Waals surface area contributed by atoms with Gasteiger partial charge < -0.3 is 0 Å². The van der Waals surface area contributed by atoms with Crippen LogP contribution in [0, 0.1) is 11.3 Å². The molecule has 16 heteroatoms. The molecule has 0 spiro atoms. The molecule has 0 aliphatic rings. The monoisotopic (exact) mass is 433 g/mol. The number of hydrogen-bond donors (Lipinski definition) is 0. The Kier molecular flexibility index (Phi) is 6.81. The smallest absolute Gasteiger partial charge is 2.00 e. The number of rotatable bonds is 0. The van der Waals surface area contributed by atoms with Crippen LogP contribution in [0.4, 0.5) is 50.4 Å². The number of nitrogens with zero attached hydrogens (tertiary/aromatic N) is 1. The Balaban J connectivity index is -0.0000000857. The summed E-state index contributed by atoms with van der Waals surface area (Å²) in [5, 5.41) is 7.32. The maximum atomic E-state index is 9.87. The maximum Gasteiger partial charge on any atom is 2.00 e. The summed E-state index contributed by atoms with van der Waals surface area (Å²) in [4.78, 5) is 0. The molecule has 0 rings (SSSR count). The first-order valence-electron chi connectivity index (χ1n) is 2.75. The molecule has 0 saturated heterocycles. The molecule has 0 unspecified atom stereocenters. The van der Waals surface area contributed by atoms with E-state index >= 15 is 0 Å². The van der Waals surface area contributed by atoms with Crippen LogP contribution in [0.15, 0.2) is 0 Å². The van der Waals surface area contributed by atoms with Crippen molar-refractivity contribution in [3.8, 4) is 6.07 Å². The Morgan fingerprint density at radius 2 is 0.611 bits per heavy atom. The standard InChI is InChI=1S/C2H3N.2F6P.Ru/c1-2-3;2*1-7(2,3,4,5)6;/h1H3;;;/q;2*-1;+2. The zero-order valence-electron chi connectivity index (χ0n) is 7.73. The van der Waals surface area contributed by atoms with Gasteiger partial charge in [0.05, 0.1) is 6.07 Å². The van der Waals surface area contributed by atoms with E-state index in [-0.39, 0.29) is 19.5 Å². The van der Waals surface area contributed by atoms with Crippen LogP contribution in [0.3, 0.4) is 0 Å². The Labute approximate surface area is 104 Å². The fraction of sp³-hybridized carbons (Fsp3) is 0.500. The fourth-order valence-electron chi connectivity index (χ4n) is 0. The molecule has 0 heterocycles. The molecule has 0 amide bonds. The van der Waals surface area contributed by atoms with E-state index in [2.05, 4.69) is 0 Å². The SMILES string of the molecule is CC#N.F[P-](F)(F)(F)(F)F.F[P-](F)(F)(F)(F)F.[Ru+2]. The minimum atomic E-state index is -10.7. The number of halogens is 12. The van der Waals surface area contributed by atoms with Crippen molar-refractivity contribution < 1.29 is 69.8 Å². The van der Waals surface area contributed by atoms with E-state index in [4.69, 9.17) is 5.26 Å². The van der Waals surface area contributed by atoms with Gasteiger partial charge in [-0.15, -0.1) is 0 Å². The van der Waals surface area contributed by atoms with Gasteiger partial charge in [-0.2, -0.15) is 5.26 Å². The average molecular weight is 432 g/mol. The van der Waals surface area contributed by atoms with Gasteiger partial charge in [-0.25, -0.2) is 0 Å². The minimum Gasteiger partial charge on any atom is 2.00 e. The van der Waals surface area contributed by atoms with Crippen molar-refractivity contribution in [2.24, 2.45) is 0 Å². The minimum absolute atomic E-state index is 0. The molecular formula is C2H3F12NP2Ru. The predicted molar refractivity (Wildman–Crippen MR) is 38.4 cm³/mol. The van der Waals surface area contributed by atoms with Gasteiger partial charge >= 0.3 is 85.5 Å². The van der Waals surface area contributed by atoms with Crippen molar-refractivity contribution in [2.75, 3.05) is 0 Å². The molecule has 0 radical (unpaired) electrons. The molecule has 0 aromatic carbocycles. The van der Waals surface area contributed by atoms with Gasteiger partial charge in [-0.3, -0.25) is 0 Å². The molecule has 0 aliphatic heterocycles. The van der Waals surface area contributed by atoms with Crippen molar-refractivity contribution in [1.29, 1.82) is 5.26 Å². The van der Waals surface area contributed by atoms with Gasteiger partial charge in [-0.05, 0) is 0 Å². The van der Waals surface area contributed by atoms with Crippen LogP contribution in [0.1, 0.15) is 6.92 Å². The summed E-state index contributed by atoms with van der Waals surface area (Å²) >= 11 is 0. The molecule has 0 aromatic rings. The van der Waals surface area contributed by atoms with E-state index in [0.717, 1.165) is 0 Å². The second kappa shape index (κ2) is 4.60. The van der Waals surface area contributed by atoms with Gasteiger partial charge in [0.25, 0.3) is 0 Å². The Bertz CT molecular complexity index is 244. The van der Waals surface area contributed by atoms with Crippen LogP contribution < -0.4 is 0 Å². The first-order valence-corrected chi connectivity index (χ1v) is 6.81. The zero-order valence-corrected chi connectivity index (χ0v) is 11.3. The van der Waals surface area contributed by atoms with Crippen LogP contribution >= 0.6 is 15.6 Å². The van der Waals surface area contributed by atoms with Gasteiger partial charge in [0.2, 0.25) is 0 Å². The average Bonchev–Trinajstić information content (AvgIpc) is 1.40. The number of hydrogen-bond acceptors (Lipinski definition) is 1. The van der Waals surface area contributed by atoms with Crippen LogP contribution in [0.2, 0.25) is 0 Å². The van der Waals surface area contributed by atoms with Crippen LogP contribution in [-0.4, -0.2) is 0 Å². The molecule has 0 fully saturated rings. The van der Waals surface area contributed by atoms with Gasteiger partial charge in [-0.1, -0.05) is 0 Å². The third-order valence-electron chi connectivity index (χ3n) is 0. The summed E-state index contributed by atoms with van der Waals surface area (Å²) in [6.45, 7) is 1.43. The van der Waals surface area contributed by atoms with Crippen LogP contribution in [0.25, 0.3) is 0 Å². The normalized spacial score (nSPS) is 18.4.